The Morgan fingerprint density at radius 3 is 2.68 bits per heavy atom. The van der Waals surface area contributed by atoms with Gasteiger partial charge >= 0.3 is 12.4 Å². The van der Waals surface area contributed by atoms with Crippen LogP contribution in [0, 0.1) is 5.82 Å². The highest BCUT2D eigenvalue weighted by Crippen LogP contribution is 2.36. The van der Waals surface area contributed by atoms with Gasteiger partial charge in [0, 0.05) is 24.0 Å². The first kappa shape index (κ1) is 19.4. The first-order valence-corrected chi connectivity index (χ1v) is 9.46. The van der Waals surface area contributed by atoms with Crippen LogP contribution in [0.4, 0.5) is 22.4 Å². The van der Waals surface area contributed by atoms with E-state index in [2.05, 4.69) is 10.1 Å². The summed E-state index contributed by atoms with van der Waals surface area (Å²) >= 11 is 0. The smallest absolute Gasteiger partial charge is 0.406 e. The van der Waals surface area contributed by atoms with Gasteiger partial charge in [-0.25, -0.2) is 9.18 Å². The number of amides is 3. The molecule has 1 saturated heterocycles. The fourth-order valence-electron chi connectivity index (χ4n) is 4.38. The molecule has 0 bridgehead atoms. The Hall–Kier alpha value is -3.56. The number of benzene rings is 2. The van der Waals surface area contributed by atoms with Crippen molar-refractivity contribution in [2.45, 2.75) is 31.9 Å². The third-order valence-electron chi connectivity index (χ3n) is 5.62. The van der Waals surface area contributed by atoms with Gasteiger partial charge < -0.3 is 14.2 Å². The van der Waals surface area contributed by atoms with Gasteiger partial charge in [0.1, 0.15) is 17.6 Å². The molecule has 6 nitrogen and oxygen atoms in total. The molecule has 2 aliphatic heterocycles. The maximum absolute atomic E-state index is 14.8. The summed E-state index contributed by atoms with van der Waals surface area (Å²) in [7, 11) is 0. The third-order valence-corrected chi connectivity index (χ3v) is 5.62. The van der Waals surface area contributed by atoms with E-state index in [-0.39, 0.29) is 30.8 Å². The number of alkyl halides is 3. The molecule has 0 aliphatic carbocycles. The van der Waals surface area contributed by atoms with Gasteiger partial charge in [0.2, 0.25) is 0 Å². The first-order chi connectivity index (χ1) is 14.7. The number of nitrogens with one attached hydrogen (secondary N) is 1. The highest BCUT2D eigenvalue weighted by atomic mass is 19.4. The number of para-hydroxylation sites is 1. The average Bonchev–Trinajstić information content (AvgIpc) is 3.15. The summed E-state index contributed by atoms with van der Waals surface area (Å²) in [5.41, 5.74) is 2.14. The lowest BCUT2D eigenvalue weighted by Crippen LogP contribution is -2.40. The van der Waals surface area contributed by atoms with Crippen molar-refractivity contribution in [3.8, 4) is 5.75 Å². The van der Waals surface area contributed by atoms with Crippen LogP contribution in [-0.4, -0.2) is 33.8 Å². The van der Waals surface area contributed by atoms with Crippen molar-refractivity contribution in [1.29, 1.82) is 0 Å². The topological polar surface area (TPSA) is 63.6 Å². The van der Waals surface area contributed by atoms with Crippen LogP contribution in [0.3, 0.4) is 0 Å². The molecule has 3 heterocycles. The molecule has 10 heteroatoms. The number of fused-ring (bicyclic) bond motifs is 4. The molecule has 1 fully saturated rings. The zero-order valence-corrected chi connectivity index (χ0v) is 15.9. The summed E-state index contributed by atoms with van der Waals surface area (Å²) in [5.74, 6) is -1.27. The number of aromatic nitrogens is 1. The lowest BCUT2D eigenvalue weighted by Gasteiger charge is -2.28. The van der Waals surface area contributed by atoms with Gasteiger partial charge in [0.15, 0.2) is 0 Å². The number of nitrogens with zero attached hydrogens (tertiary/aromatic N) is 2. The fraction of sp³-hybridized carbons (Fsp3) is 0.238. The molecule has 31 heavy (non-hydrogen) atoms. The van der Waals surface area contributed by atoms with E-state index < -0.39 is 30.2 Å². The standard InChI is InChI=1S/C21H15F4N3O3/c22-15-6-2-5-13-14-8-16-19(29)26-20(30)28(16)10-17(14)27(18(13)15)9-11-3-1-4-12(7-11)31-21(23,24)25/h1-7,16H,8-10H2,(H,26,29,30). The minimum Gasteiger partial charge on any atom is -0.406 e. The number of rotatable bonds is 3. The van der Waals surface area contributed by atoms with Crippen LogP contribution in [-0.2, 0) is 24.3 Å². The zero-order valence-electron chi connectivity index (χ0n) is 15.9. The molecule has 0 radical (unpaired) electrons. The Bertz CT molecular complexity index is 1230. The van der Waals surface area contributed by atoms with Gasteiger partial charge in [-0.15, -0.1) is 13.2 Å². The van der Waals surface area contributed by atoms with Crippen LogP contribution in [0.5, 0.6) is 5.75 Å². The van der Waals surface area contributed by atoms with Crippen molar-refractivity contribution < 1.29 is 31.9 Å². The first-order valence-electron chi connectivity index (χ1n) is 9.46. The molecule has 1 N–H and O–H groups in total. The molecular formula is C21H15F4N3O3. The average molecular weight is 433 g/mol. The third kappa shape index (κ3) is 3.28. The zero-order chi connectivity index (χ0) is 21.9. The number of hydrogen-bond donors (Lipinski definition) is 1. The summed E-state index contributed by atoms with van der Waals surface area (Å²) < 4.78 is 58.2. The van der Waals surface area contributed by atoms with E-state index in [0.29, 0.717) is 16.6 Å². The molecule has 2 aromatic carbocycles. The van der Waals surface area contributed by atoms with Gasteiger partial charge in [0.25, 0.3) is 5.91 Å². The minimum atomic E-state index is -4.82. The van der Waals surface area contributed by atoms with Gasteiger partial charge in [-0.1, -0.05) is 24.3 Å². The highest BCUT2D eigenvalue weighted by Gasteiger charge is 2.43. The molecule has 0 spiro atoms. The second-order valence-corrected chi connectivity index (χ2v) is 7.48. The number of carbonyl (C=O) groups excluding carboxylic acids is 2. The Kier molecular flexibility index (Phi) is 4.21. The van der Waals surface area contributed by atoms with Crippen molar-refractivity contribution >= 4 is 22.8 Å². The van der Waals surface area contributed by atoms with Crippen LogP contribution in [0.25, 0.3) is 10.9 Å². The molecule has 1 atom stereocenters. The monoisotopic (exact) mass is 433 g/mol. The van der Waals surface area contributed by atoms with E-state index in [1.165, 1.54) is 29.2 Å². The van der Waals surface area contributed by atoms with E-state index in [9.17, 15) is 27.2 Å². The normalized spacial score (nSPS) is 18.2. The molecule has 3 aromatic rings. The quantitative estimate of drug-likeness (QED) is 0.506. The Balaban J connectivity index is 1.60. The lowest BCUT2D eigenvalue weighted by atomic mass is 9.97. The van der Waals surface area contributed by atoms with Crippen molar-refractivity contribution in [2.75, 3.05) is 0 Å². The fourth-order valence-corrected chi connectivity index (χ4v) is 4.38. The molecular weight excluding hydrogens is 418 g/mol. The van der Waals surface area contributed by atoms with E-state index >= 15 is 0 Å². The van der Waals surface area contributed by atoms with Gasteiger partial charge in [-0.05, 0) is 29.3 Å². The van der Waals surface area contributed by atoms with Crippen molar-refractivity contribution in [1.82, 2.24) is 14.8 Å². The molecule has 0 saturated carbocycles. The Morgan fingerprint density at radius 2 is 1.90 bits per heavy atom. The number of hydrogen-bond acceptors (Lipinski definition) is 3. The molecule has 1 unspecified atom stereocenters. The van der Waals surface area contributed by atoms with Gasteiger partial charge in [-0.3, -0.25) is 10.1 Å². The summed E-state index contributed by atoms with van der Waals surface area (Å²) in [5, 5.41) is 2.90. The van der Waals surface area contributed by atoms with Gasteiger partial charge in [-0.2, -0.15) is 0 Å². The second kappa shape index (κ2) is 6.73. The Morgan fingerprint density at radius 1 is 1.13 bits per heavy atom. The SMILES string of the molecule is O=C1NC(=O)N2Cc3c(c4cccc(F)c4n3Cc3cccc(OC(F)(F)F)c3)CC12. The Labute approximate surface area is 173 Å². The van der Waals surface area contributed by atoms with Crippen LogP contribution >= 0.6 is 0 Å². The lowest BCUT2D eigenvalue weighted by molar-refractivity contribution is -0.274. The number of imide groups is 1. The summed E-state index contributed by atoms with van der Waals surface area (Å²) in [6, 6.07) is 8.88. The van der Waals surface area contributed by atoms with E-state index in [1.54, 1.807) is 22.8 Å². The van der Waals surface area contributed by atoms with Crippen molar-refractivity contribution in [3.05, 3.63) is 65.1 Å². The van der Waals surface area contributed by atoms with Crippen LogP contribution < -0.4 is 10.1 Å². The number of halogens is 4. The number of urea groups is 1. The molecule has 160 valence electrons. The number of carbonyl (C=O) groups is 2. The van der Waals surface area contributed by atoms with Crippen molar-refractivity contribution in [2.24, 2.45) is 0 Å². The van der Waals surface area contributed by atoms with Gasteiger partial charge in [0.05, 0.1) is 12.1 Å². The largest absolute Gasteiger partial charge is 0.573 e. The predicted molar refractivity (Wildman–Crippen MR) is 101 cm³/mol. The molecule has 1 aromatic heterocycles. The van der Waals surface area contributed by atoms with Crippen molar-refractivity contribution in [3.63, 3.8) is 0 Å². The molecule has 3 amide bonds. The van der Waals surface area contributed by atoms with E-state index in [4.69, 9.17) is 0 Å². The van der Waals surface area contributed by atoms with E-state index in [1.807, 2.05) is 0 Å². The summed E-state index contributed by atoms with van der Waals surface area (Å²) in [4.78, 5) is 25.7. The minimum absolute atomic E-state index is 0.0654. The van der Waals surface area contributed by atoms with Crippen LogP contribution in [0.15, 0.2) is 42.5 Å². The van der Waals surface area contributed by atoms with Crippen LogP contribution in [0.1, 0.15) is 16.8 Å². The second-order valence-electron chi connectivity index (χ2n) is 7.48. The van der Waals surface area contributed by atoms with E-state index in [0.717, 1.165) is 5.56 Å². The molecule has 5 rings (SSSR count). The summed E-state index contributed by atoms with van der Waals surface area (Å²) in [6.07, 6.45) is -4.59. The van der Waals surface area contributed by atoms with Crippen LogP contribution in [0.2, 0.25) is 0 Å². The molecule has 2 aliphatic rings. The number of ether oxygens (including phenoxy) is 1. The predicted octanol–water partition coefficient (Wildman–Crippen LogP) is 3.70. The summed E-state index contributed by atoms with van der Waals surface area (Å²) in [6.45, 7) is 0.153. The highest BCUT2D eigenvalue weighted by molar-refractivity contribution is 6.05. The maximum atomic E-state index is 14.8. The maximum Gasteiger partial charge on any atom is 0.573 e.